The molecule has 0 atom stereocenters. The molecule has 6 nitrogen and oxygen atoms in total. The van der Waals surface area contributed by atoms with Gasteiger partial charge in [-0.05, 0) is 25.1 Å². The number of benzene rings is 1. The van der Waals surface area contributed by atoms with Crippen molar-refractivity contribution in [3.8, 4) is 0 Å². The minimum Gasteiger partial charge on any atom is -0.478 e. The molecule has 0 radical (unpaired) electrons. The highest BCUT2D eigenvalue weighted by Gasteiger charge is 2.15. The first-order chi connectivity index (χ1) is 9.40. The average Bonchev–Trinajstić information content (AvgIpc) is 2.69. The molecule has 0 saturated heterocycles. The van der Waals surface area contributed by atoms with Crippen molar-refractivity contribution >= 4 is 17.6 Å². The second-order valence-electron chi connectivity index (χ2n) is 4.22. The van der Waals surface area contributed by atoms with Gasteiger partial charge >= 0.3 is 5.97 Å². The highest BCUT2D eigenvalue weighted by Crippen LogP contribution is 2.16. The van der Waals surface area contributed by atoms with E-state index in [0.29, 0.717) is 11.3 Å². The van der Waals surface area contributed by atoms with Gasteiger partial charge in [0, 0.05) is 18.4 Å². The Labute approximate surface area is 113 Å². The number of hydrogen-bond donors (Lipinski definition) is 2. The zero-order chi connectivity index (χ0) is 14.9. The Kier molecular flexibility index (Phi) is 3.51. The molecule has 0 spiro atoms. The summed E-state index contributed by atoms with van der Waals surface area (Å²) < 4.78 is 15.0. The minimum atomic E-state index is -1.36. The van der Waals surface area contributed by atoms with Gasteiger partial charge in [0.15, 0.2) is 0 Å². The van der Waals surface area contributed by atoms with Crippen LogP contribution in [0.4, 0.5) is 10.1 Å². The monoisotopic (exact) mass is 277 g/mol. The van der Waals surface area contributed by atoms with Crippen LogP contribution in [-0.2, 0) is 7.05 Å². The van der Waals surface area contributed by atoms with Gasteiger partial charge in [-0.1, -0.05) is 0 Å². The van der Waals surface area contributed by atoms with E-state index < -0.39 is 23.3 Å². The van der Waals surface area contributed by atoms with Gasteiger partial charge in [-0.15, -0.1) is 0 Å². The van der Waals surface area contributed by atoms with E-state index in [9.17, 15) is 14.0 Å². The number of amides is 1. The van der Waals surface area contributed by atoms with Crippen molar-refractivity contribution in [3.63, 3.8) is 0 Å². The molecule has 20 heavy (non-hydrogen) atoms. The number of aromatic nitrogens is 2. The third kappa shape index (κ3) is 2.51. The lowest BCUT2D eigenvalue weighted by molar-refractivity contribution is 0.0692. The Balaban J connectivity index is 2.22. The molecule has 1 aromatic heterocycles. The van der Waals surface area contributed by atoms with Crippen molar-refractivity contribution in [1.82, 2.24) is 9.78 Å². The van der Waals surface area contributed by atoms with Gasteiger partial charge < -0.3 is 10.4 Å². The van der Waals surface area contributed by atoms with E-state index in [1.54, 1.807) is 18.7 Å². The topological polar surface area (TPSA) is 84.2 Å². The molecule has 0 fully saturated rings. The molecular weight excluding hydrogens is 265 g/mol. The molecule has 2 N–H and O–H groups in total. The molecule has 104 valence electrons. The fourth-order valence-electron chi connectivity index (χ4n) is 1.69. The number of nitrogens with one attached hydrogen (secondary N) is 1. The van der Waals surface area contributed by atoms with Gasteiger partial charge in [0.2, 0.25) is 0 Å². The number of rotatable bonds is 3. The molecule has 0 saturated carbocycles. The predicted octanol–water partition coefficient (Wildman–Crippen LogP) is 1.82. The lowest BCUT2D eigenvalue weighted by Gasteiger charge is -2.06. The van der Waals surface area contributed by atoms with Crippen LogP contribution in [0.25, 0.3) is 0 Å². The maximum Gasteiger partial charge on any atom is 0.338 e. The largest absolute Gasteiger partial charge is 0.478 e. The predicted molar refractivity (Wildman–Crippen MR) is 69.3 cm³/mol. The van der Waals surface area contributed by atoms with Crippen LogP contribution >= 0.6 is 0 Å². The van der Waals surface area contributed by atoms with Crippen LogP contribution in [0.5, 0.6) is 0 Å². The Morgan fingerprint density at radius 1 is 1.35 bits per heavy atom. The fraction of sp³-hybridized carbons (Fsp3) is 0.154. The quantitative estimate of drug-likeness (QED) is 0.896. The molecule has 0 unspecified atom stereocenters. The second-order valence-corrected chi connectivity index (χ2v) is 4.22. The Hall–Kier alpha value is -2.70. The van der Waals surface area contributed by atoms with Crippen LogP contribution in [0.15, 0.2) is 24.4 Å². The standard InChI is InChI=1S/C13H12FN3O3/c1-7-10(6-15-17(7)2)12(18)16-8-3-4-9(13(19)20)11(14)5-8/h3-6H,1-2H3,(H,16,18)(H,19,20). The number of anilines is 1. The van der Waals surface area contributed by atoms with Gasteiger partial charge in [-0.2, -0.15) is 5.10 Å². The SMILES string of the molecule is Cc1c(C(=O)Nc2ccc(C(=O)O)c(F)c2)cnn1C. The van der Waals surface area contributed by atoms with Crippen LogP contribution < -0.4 is 5.32 Å². The van der Waals surface area contributed by atoms with E-state index in [4.69, 9.17) is 5.11 Å². The van der Waals surface area contributed by atoms with Crippen LogP contribution in [0.3, 0.4) is 0 Å². The van der Waals surface area contributed by atoms with Gasteiger partial charge in [-0.25, -0.2) is 9.18 Å². The Morgan fingerprint density at radius 3 is 2.55 bits per heavy atom. The number of hydrogen-bond acceptors (Lipinski definition) is 3. The first-order valence-electron chi connectivity index (χ1n) is 5.73. The third-order valence-electron chi connectivity index (χ3n) is 2.94. The van der Waals surface area contributed by atoms with Gasteiger partial charge in [0.1, 0.15) is 5.82 Å². The lowest BCUT2D eigenvalue weighted by Crippen LogP contribution is -2.13. The van der Waals surface area contributed by atoms with Crippen LogP contribution in [0.2, 0.25) is 0 Å². The van der Waals surface area contributed by atoms with E-state index >= 15 is 0 Å². The number of aryl methyl sites for hydroxylation is 1. The maximum absolute atomic E-state index is 13.5. The number of carboxylic acid groups (broad SMARTS) is 1. The average molecular weight is 277 g/mol. The summed E-state index contributed by atoms with van der Waals surface area (Å²) in [5.74, 6) is -2.69. The molecule has 0 bridgehead atoms. The van der Waals surface area contributed by atoms with Crippen molar-refractivity contribution in [3.05, 3.63) is 47.0 Å². The number of halogens is 1. The summed E-state index contributed by atoms with van der Waals surface area (Å²) in [5, 5.41) is 15.1. The molecule has 0 aliphatic carbocycles. The second kappa shape index (κ2) is 5.12. The number of aromatic carboxylic acids is 1. The van der Waals surface area contributed by atoms with Crippen molar-refractivity contribution in [2.75, 3.05) is 5.32 Å². The molecule has 0 aliphatic rings. The third-order valence-corrected chi connectivity index (χ3v) is 2.94. The van der Waals surface area contributed by atoms with E-state index in [-0.39, 0.29) is 5.69 Å². The minimum absolute atomic E-state index is 0.181. The molecule has 0 aliphatic heterocycles. The number of carbonyl (C=O) groups is 2. The molecule has 2 rings (SSSR count). The first kappa shape index (κ1) is 13.7. The van der Waals surface area contributed by atoms with Crippen LogP contribution in [0.1, 0.15) is 26.4 Å². The smallest absolute Gasteiger partial charge is 0.338 e. The summed E-state index contributed by atoms with van der Waals surface area (Å²) in [6.45, 7) is 1.73. The molecular formula is C13H12FN3O3. The van der Waals surface area contributed by atoms with E-state index in [1.807, 2.05) is 0 Å². The highest BCUT2D eigenvalue weighted by molar-refractivity contribution is 6.05. The zero-order valence-electron chi connectivity index (χ0n) is 10.8. The summed E-state index contributed by atoms with van der Waals surface area (Å²) in [5.41, 5.74) is 0.779. The molecule has 7 heteroatoms. The fourth-order valence-corrected chi connectivity index (χ4v) is 1.69. The summed E-state index contributed by atoms with van der Waals surface area (Å²) in [6, 6.07) is 3.40. The molecule has 1 heterocycles. The summed E-state index contributed by atoms with van der Waals surface area (Å²) in [7, 11) is 1.70. The van der Waals surface area contributed by atoms with Crippen molar-refractivity contribution in [1.29, 1.82) is 0 Å². The normalized spacial score (nSPS) is 10.3. The Morgan fingerprint density at radius 2 is 2.05 bits per heavy atom. The van der Waals surface area contributed by atoms with Crippen molar-refractivity contribution in [2.24, 2.45) is 7.05 Å². The van der Waals surface area contributed by atoms with E-state index in [2.05, 4.69) is 10.4 Å². The summed E-state index contributed by atoms with van der Waals surface area (Å²) >= 11 is 0. The summed E-state index contributed by atoms with van der Waals surface area (Å²) in [4.78, 5) is 22.7. The van der Waals surface area contributed by atoms with E-state index in [1.165, 1.54) is 12.3 Å². The van der Waals surface area contributed by atoms with Crippen LogP contribution in [-0.4, -0.2) is 26.8 Å². The lowest BCUT2D eigenvalue weighted by atomic mass is 10.2. The highest BCUT2D eigenvalue weighted by atomic mass is 19.1. The number of carboxylic acids is 1. The molecule has 1 aromatic carbocycles. The van der Waals surface area contributed by atoms with Crippen LogP contribution in [0, 0.1) is 12.7 Å². The number of nitrogens with zero attached hydrogens (tertiary/aromatic N) is 2. The van der Waals surface area contributed by atoms with Crippen molar-refractivity contribution < 1.29 is 19.1 Å². The number of carbonyl (C=O) groups excluding carboxylic acids is 1. The summed E-state index contributed by atoms with van der Waals surface area (Å²) in [6.07, 6.45) is 1.41. The van der Waals surface area contributed by atoms with E-state index in [0.717, 1.165) is 12.1 Å². The zero-order valence-corrected chi connectivity index (χ0v) is 10.8. The first-order valence-corrected chi connectivity index (χ1v) is 5.73. The van der Waals surface area contributed by atoms with Gasteiger partial charge in [0.05, 0.1) is 17.3 Å². The van der Waals surface area contributed by atoms with Gasteiger partial charge in [-0.3, -0.25) is 9.48 Å². The van der Waals surface area contributed by atoms with Gasteiger partial charge in [0.25, 0.3) is 5.91 Å². The molecule has 1 amide bonds. The maximum atomic E-state index is 13.5. The van der Waals surface area contributed by atoms with Crippen molar-refractivity contribution in [2.45, 2.75) is 6.92 Å². The Bertz CT molecular complexity index is 694. The molecule has 2 aromatic rings.